The molecule has 1 amide bonds. The molecular formula is C12H14BrNO4. The van der Waals surface area contributed by atoms with Gasteiger partial charge in [0.05, 0.1) is 5.56 Å². The molecule has 18 heavy (non-hydrogen) atoms. The molecule has 0 heterocycles. The van der Waals surface area contributed by atoms with Crippen LogP contribution in [0.25, 0.3) is 0 Å². The summed E-state index contributed by atoms with van der Waals surface area (Å²) in [6.45, 7) is 3.08. The molecule has 0 aliphatic heterocycles. The highest BCUT2D eigenvalue weighted by molar-refractivity contribution is 9.10. The summed E-state index contributed by atoms with van der Waals surface area (Å²) in [5, 5.41) is 21.1. The van der Waals surface area contributed by atoms with Crippen LogP contribution in [-0.4, -0.2) is 27.6 Å². The van der Waals surface area contributed by atoms with Gasteiger partial charge in [-0.15, -0.1) is 0 Å². The van der Waals surface area contributed by atoms with E-state index in [1.807, 2.05) is 0 Å². The van der Waals surface area contributed by atoms with Gasteiger partial charge in [0, 0.05) is 4.47 Å². The zero-order valence-electron chi connectivity index (χ0n) is 10.0. The molecule has 1 aromatic rings. The predicted molar refractivity (Wildman–Crippen MR) is 69.6 cm³/mol. The fraction of sp³-hybridized carbons (Fsp3) is 0.333. The summed E-state index contributed by atoms with van der Waals surface area (Å²) in [6.07, 6.45) is 0.241. The molecule has 1 unspecified atom stereocenters. The fourth-order valence-electron chi connectivity index (χ4n) is 1.31. The number of halogens is 1. The maximum Gasteiger partial charge on any atom is 0.329 e. The van der Waals surface area contributed by atoms with Gasteiger partial charge >= 0.3 is 5.97 Å². The first-order valence-corrected chi connectivity index (χ1v) is 6.14. The third-order valence-corrected chi connectivity index (χ3v) is 3.27. The third kappa shape index (κ3) is 3.01. The summed E-state index contributed by atoms with van der Waals surface area (Å²) in [6, 6.07) is 4.39. The van der Waals surface area contributed by atoms with Gasteiger partial charge in [0.1, 0.15) is 11.3 Å². The average Bonchev–Trinajstić information content (AvgIpc) is 2.28. The van der Waals surface area contributed by atoms with Gasteiger partial charge in [-0.25, -0.2) is 4.79 Å². The quantitative estimate of drug-likeness (QED) is 0.794. The van der Waals surface area contributed by atoms with Crippen molar-refractivity contribution in [3.8, 4) is 5.75 Å². The van der Waals surface area contributed by atoms with Gasteiger partial charge in [-0.3, -0.25) is 4.79 Å². The van der Waals surface area contributed by atoms with Gasteiger partial charge in [0.15, 0.2) is 0 Å². The number of nitrogens with one attached hydrogen (secondary N) is 1. The van der Waals surface area contributed by atoms with Crippen LogP contribution in [0.3, 0.4) is 0 Å². The monoisotopic (exact) mass is 315 g/mol. The maximum atomic E-state index is 11.9. The van der Waals surface area contributed by atoms with E-state index < -0.39 is 17.4 Å². The van der Waals surface area contributed by atoms with E-state index in [0.29, 0.717) is 4.47 Å². The van der Waals surface area contributed by atoms with Crippen molar-refractivity contribution in [2.24, 2.45) is 0 Å². The second-order valence-electron chi connectivity index (χ2n) is 4.11. The molecule has 0 fully saturated rings. The number of aliphatic carboxylic acids is 1. The zero-order valence-corrected chi connectivity index (χ0v) is 11.6. The molecule has 1 atom stereocenters. The summed E-state index contributed by atoms with van der Waals surface area (Å²) in [5.41, 5.74) is -1.31. The van der Waals surface area contributed by atoms with Crippen molar-refractivity contribution in [2.75, 3.05) is 0 Å². The van der Waals surface area contributed by atoms with Crippen molar-refractivity contribution in [3.63, 3.8) is 0 Å². The Hall–Kier alpha value is -1.56. The lowest BCUT2D eigenvalue weighted by Gasteiger charge is -2.24. The highest BCUT2D eigenvalue weighted by Crippen LogP contribution is 2.23. The Labute approximate surface area is 113 Å². The van der Waals surface area contributed by atoms with E-state index in [1.165, 1.54) is 19.1 Å². The molecule has 0 spiro atoms. The van der Waals surface area contributed by atoms with E-state index in [-0.39, 0.29) is 17.7 Å². The van der Waals surface area contributed by atoms with E-state index in [9.17, 15) is 14.7 Å². The van der Waals surface area contributed by atoms with Gasteiger partial charge < -0.3 is 15.5 Å². The molecule has 98 valence electrons. The number of hydrogen-bond donors (Lipinski definition) is 3. The summed E-state index contributed by atoms with van der Waals surface area (Å²) in [4.78, 5) is 23.0. The predicted octanol–water partition coefficient (Wildman–Crippen LogP) is 2.14. The Kier molecular flexibility index (Phi) is 4.34. The Balaban J connectivity index is 2.98. The van der Waals surface area contributed by atoms with Crippen LogP contribution in [0.2, 0.25) is 0 Å². The van der Waals surface area contributed by atoms with Crippen LogP contribution in [0.1, 0.15) is 30.6 Å². The van der Waals surface area contributed by atoms with Crippen molar-refractivity contribution < 1.29 is 19.8 Å². The minimum atomic E-state index is -1.35. The minimum Gasteiger partial charge on any atom is -0.507 e. The van der Waals surface area contributed by atoms with Crippen molar-refractivity contribution in [3.05, 3.63) is 28.2 Å². The van der Waals surface area contributed by atoms with Crippen molar-refractivity contribution in [2.45, 2.75) is 25.8 Å². The number of amides is 1. The van der Waals surface area contributed by atoms with E-state index >= 15 is 0 Å². The van der Waals surface area contributed by atoms with Crippen LogP contribution in [0.15, 0.2) is 22.7 Å². The SMILES string of the molecule is CCC(C)(NC(=O)c1ccc(Br)cc1O)C(=O)O. The topological polar surface area (TPSA) is 86.6 Å². The number of rotatable bonds is 4. The van der Waals surface area contributed by atoms with Crippen LogP contribution in [-0.2, 0) is 4.79 Å². The third-order valence-electron chi connectivity index (χ3n) is 2.77. The molecule has 6 heteroatoms. The highest BCUT2D eigenvalue weighted by Gasteiger charge is 2.33. The molecule has 3 N–H and O–H groups in total. The number of aromatic hydroxyl groups is 1. The molecule has 0 bridgehead atoms. The van der Waals surface area contributed by atoms with Gasteiger partial charge in [0.2, 0.25) is 0 Å². The van der Waals surface area contributed by atoms with Gasteiger partial charge in [-0.1, -0.05) is 22.9 Å². The molecule has 1 rings (SSSR count). The van der Waals surface area contributed by atoms with Gasteiger partial charge in [0.25, 0.3) is 5.91 Å². The summed E-state index contributed by atoms with van der Waals surface area (Å²) < 4.78 is 0.632. The number of carboxylic acid groups (broad SMARTS) is 1. The number of hydrogen-bond acceptors (Lipinski definition) is 3. The Bertz CT molecular complexity index is 489. The van der Waals surface area contributed by atoms with E-state index in [4.69, 9.17) is 5.11 Å². The molecule has 0 saturated heterocycles. The number of phenols is 1. The molecule has 0 aliphatic rings. The first kappa shape index (κ1) is 14.5. The number of carboxylic acids is 1. The lowest BCUT2D eigenvalue weighted by molar-refractivity contribution is -0.143. The molecule has 0 aromatic heterocycles. The summed E-state index contributed by atoms with van der Waals surface area (Å²) >= 11 is 3.16. The molecule has 1 aromatic carbocycles. The molecule has 0 saturated carbocycles. The van der Waals surface area contributed by atoms with Crippen LogP contribution < -0.4 is 5.32 Å². The number of benzene rings is 1. The number of carbonyl (C=O) groups excluding carboxylic acids is 1. The maximum absolute atomic E-state index is 11.9. The van der Waals surface area contributed by atoms with Crippen molar-refractivity contribution in [1.82, 2.24) is 5.32 Å². The number of phenolic OH excluding ortho intramolecular Hbond substituents is 1. The van der Waals surface area contributed by atoms with Crippen molar-refractivity contribution >= 4 is 27.8 Å². The van der Waals surface area contributed by atoms with Gasteiger partial charge in [-0.2, -0.15) is 0 Å². The smallest absolute Gasteiger partial charge is 0.329 e. The van der Waals surface area contributed by atoms with Crippen molar-refractivity contribution in [1.29, 1.82) is 0 Å². The Morgan fingerprint density at radius 2 is 2.06 bits per heavy atom. The molecule has 0 aliphatic carbocycles. The first-order valence-electron chi connectivity index (χ1n) is 5.34. The van der Waals surface area contributed by atoms with E-state index in [1.54, 1.807) is 13.0 Å². The largest absolute Gasteiger partial charge is 0.507 e. The Morgan fingerprint density at radius 3 is 2.50 bits per heavy atom. The average molecular weight is 316 g/mol. The summed E-state index contributed by atoms with van der Waals surface area (Å²) in [7, 11) is 0. The lowest BCUT2D eigenvalue weighted by Crippen LogP contribution is -2.51. The minimum absolute atomic E-state index is 0.0409. The molecular weight excluding hydrogens is 302 g/mol. The standard InChI is InChI=1S/C12H14BrNO4/c1-3-12(2,11(17)18)14-10(16)8-5-4-7(13)6-9(8)15/h4-6,15H,3H2,1-2H3,(H,14,16)(H,17,18). The van der Waals surface area contributed by atoms with Crippen LogP contribution in [0.5, 0.6) is 5.75 Å². The first-order chi connectivity index (χ1) is 8.30. The Morgan fingerprint density at radius 1 is 1.44 bits per heavy atom. The van der Waals surface area contributed by atoms with Crippen LogP contribution in [0.4, 0.5) is 0 Å². The summed E-state index contributed by atoms with van der Waals surface area (Å²) in [5.74, 6) is -1.94. The molecule has 0 radical (unpaired) electrons. The van der Waals surface area contributed by atoms with Crippen LogP contribution >= 0.6 is 15.9 Å². The normalized spacial score (nSPS) is 13.7. The fourth-order valence-corrected chi connectivity index (χ4v) is 1.66. The second kappa shape index (κ2) is 5.39. The molecule has 5 nitrogen and oxygen atoms in total. The second-order valence-corrected chi connectivity index (χ2v) is 5.02. The van der Waals surface area contributed by atoms with Gasteiger partial charge in [-0.05, 0) is 31.5 Å². The lowest BCUT2D eigenvalue weighted by atomic mass is 9.98. The van der Waals surface area contributed by atoms with E-state index in [0.717, 1.165) is 0 Å². The highest BCUT2D eigenvalue weighted by atomic mass is 79.9. The van der Waals surface area contributed by atoms with E-state index in [2.05, 4.69) is 21.2 Å². The van der Waals surface area contributed by atoms with Crippen LogP contribution in [0, 0.1) is 0 Å². The zero-order chi connectivity index (χ0) is 13.9. The number of carbonyl (C=O) groups is 2.